The smallest absolute Gasteiger partial charge is 0.00417 e. The van der Waals surface area contributed by atoms with Gasteiger partial charge in [-0.05, 0) is 30.4 Å². The first-order valence-corrected chi connectivity index (χ1v) is 7.42. The summed E-state index contributed by atoms with van der Waals surface area (Å²) >= 11 is 5.61. The molecule has 0 fully saturated rings. The molecule has 0 aromatic carbocycles. The minimum atomic E-state index is 0.816. The van der Waals surface area contributed by atoms with Crippen LogP contribution < -0.4 is 0 Å². The fourth-order valence-corrected chi connectivity index (χ4v) is 3.05. The van der Waals surface area contributed by atoms with Crippen LogP contribution in [0.1, 0.15) is 40.5 Å². The second kappa shape index (κ2) is 8.16. The van der Waals surface area contributed by atoms with Crippen molar-refractivity contribution in [3.8, 4) is 0 Å². The van der Waals surface area contributed by atoms with Crippen molar-refractivity contribution in [1.29, 1.82) is 0 Å². The Balaban J connectivity index is 3.33. The largest absolute Gasteiger partial charge is 0.159 e. The molecule has 0 N–H and O–H groups in total. The molecule has 0 nitrogen and oxygen atoms in total. The molecule has 0 aromatic heterocycles. The van der Waals surface area contributed by atoms with Crippen molar-refractivity contribution in [1.82, 2.24) is 0 Å². The molecular formula is C11H23BrS. The molecule has 0 amide bonds. The highest BCUT2D eigenvalue weighted by atomic mass is 79.9. The van der Waals surface area contributed by atoms with Crippen molar-refractivity contribution >= 4 is 27.7 Å². The minimum Gasteiger partial charge on any atom is -0.159 e. The summed E-state index contributed by atoms with van der Waals surface area (Å²) in [4.78, 5) is 0. The second-order valence-electron chi connectivity index (χ2n) is 4.19. The van der Waals surface area contributed by atoms with E-state index in [1.54, 1.807) is 0 Å². The van der Waals surface area contributed by atoms with Crippen molar-refractivity contribution < 1.29 is 0 Å². The predicted octanol–water partition coefficient (Wildman–Crippen LogP) is 4.58. The van der Waals surface area contributed by atoms with E-state index in [0.717, 1.165) is 22.4 Å². The van der Waals surface area contributed by atoms with Crippen LogP contribution in [0.25, 0.3) is 0 Å². The number of alkyl halides is 1. The van der Waals surface area contributed by atoms with Crippen LogP contribution in [-0.2, 0) is 0 Å². The first-order valence-electron chi connectivity index (χ1n) is 5.25. The van der Waals surface area contributed by atoms with Gasteiger partial charge in [0.2, 0.25) is 0 Å². The van der Waals surface area contributed by atoms with Gasteiger partial charge in [0.25, 0.3) is 0 Å². The lowest BCUT2D eigenvalue weighted by atomic mass is 10.1. The summed E-state index contributed by atoms with van der Waals surface area (Å²) in [6.45, 7) is 9.30. The van der Waals surface area contributed by atoms with Crippen LogP contribution >= 0.6 is 27.7 Å². The maximum atomic E-state index is 3.49. The molecule has 0 rings (SSSR count). The Morgan fingerprint density at radius 3 is 2.15 bits per heavy atom. The number of halogens is 1. The van der Waals surface area contributed by atoms with Gasteiger partial charge < -0.3 is 0 Å². The third-order valence-electron chi connectivity index (χ3n) is 2.53. The van der Waals surface area contributed by atoms with E-state index in [0.29, 0.717) is 0 Å². The van der Waals surface area contributed by atoms with Gasteiger partial charge in [-0.2, -0.15) is 11.8 Å². The topological polar surface area (TPSA) is 0 Å². The van der Waals surface area contributed by atoms with E-state index in [1.807, 2.05) is 0 Å². The molecule has 2 atom stereocenters. The number of hydrogen-bond donors (Lipinski definition) is 0. The fraction of sp³-hybridized carbons (Fsp3) is 1.00. The van der Waals surface area contributed by atoms with E-state index >= 15 is 0 Å². The normalized spacial score (nSPS) is 16.2. The summed E-state index contributed by atoms with van der Waals surface area (Å²) in [6, 6.07) is 0. The number of rotatable bonds is 7. The Kier molecular flexibility index (Phi) is 8.69. The lowest BCUT2D eigenvalue weighted by Gasteiger charge is -2.16. The highest BCUT2D eigenvalue weighted by Crippen LogP contribution is 2.21. The van der Waals surface area contributed by atoms with E-state index < -0.39 is 0 Å². The number of thioether (sulfide) groups is 1. The Labute approximate surface area is 96.4 Å². The van der Waals surface area contributed by atoms with Gasteiger partial charge in [0, 0.05) is 10.6 Å². The van der Waals surface area contributed by atoms with Gasteiger partial charge in [0.15, 0.2) is 0 Å². The molecule has 2 heteroatoms. The van der Waals surface area contributed by atoms with Crippen molar-refractivity contribution in [2.75, 3.05) is 11.1 Å². The summed E-state index contributed by atoms with van der Waals surface area (Å²) < 4.78 is 0. The minimum absolute atomic E-state index is 0.816. The molecule has 0 aromatic rings. The molecule has 13 heavy (non-hydrogen) atoms. The summed E-state index contributed by atoms with van der Waals surface area (Å²) in [6.07, 6.45) is 2.68. The first-order chi connectivity index (χ1) is 6.07. The van der Waals surface area contributed by atoms with Crippen LogP contribution in [0.2, 0.25) is 0 Å². The predicted molar refractivity (Wildman–Crippen MR) is 69.0 cm³/mol. The Bertz CT molecular complexity index is 115. The molecule has 0 radical (unpaired) electrons. The third kappa shape index (κ3) is 7.87. The average Bonchev–Trinajstić information content (AvgIpc) is 2.04. The van der Waals surface area contributed by atoms with Gasteiger partial charge in [-0.1, -0.05) is 43.6 Å². The van der Waals surface area contributed by atoms with Crippen molar-refractivity contribution in [2.24, 2.45) is 11.8 Å². The molecule has 2 unspecified atom stereocenters. The standard InChI is InChI=1S/C11H23BrS/c1-9(2)11(4)13-8-6-10(3)5-7-12/h9-11H,5-8H2,1-4H3. The lowest BCUT2D eigenvalue weighted by Crippen LogP contribution is -2.07. The third-order valence-corrected chi connectivity index (χ3v) is 4.53. The summed E-state index contributed by atoms with van der Waals surface area (Å²) in [5.74, 6) is 3.02. The molecule has 0 aliphatic rings. The molecule has 80 valence electrons. The molecule has 0 aliphatic carbocycles. The number of hydrogen-bond acceptors (Lipinski definition) is 1. The molecular weight excluding hydrogens is 244 g/mol. The van der Waals surface area contributed by atoms with E-state index in [4.69, 9.17) is 0 Å². The average molecular weight is 267 g/mol. The first kappa shape index (κ1) is 13.8. The van der Waals surface area contributed by atoms with Crippen molar-refractivity contribution in [3.05, 3.63) is 0 Å². The second-order valence-corrected chi connectivity index (χ2v) is 6.47. The molecule has 0 bridgehead atoms. The molecule has 0 saturated heterocycles. The monoisotopic (exact) mass is 266 g/mol. The van der Waals surface area contributed by atoms with Crippen LogP contribution in [0.15, 0.2) is 0 Å². The quantitative estimate of drug-likeness (QED) is 0.609. The fourth-order valence-electron chi connectivity index (χ4n) is 0.978. The van der Waals surface area contributed by atoms with Gasteiger partial charge in [0.1, 0.15) is 0 Å². The van der Waals surface area contributed by atoms with Crippen molar-refractivity contribution in [3.63, 3.8) is 0 Å². The zero-order valence-electron chi connectivity index (χ0n) is 9.35. The zero-order valence-corrected chi connectivity index (χ0v) is 11.7. The maximum Gasteiger partial charge on any atom is 0.00417 e. The molecule has 0 heterocycles. The van der Waals surface area contributed by atoms with E-state index in [1.165, 1.54) is 18.6 Å². The molecule has 0 aliphatic heterocycles. The Hall–Kier alpha value is 0.830. The lowest BCUT2D eigenvalue weighted by molar-refractivity contribution is 0.553. The summed E-state index contributed by atoms with van der Waals surface area (Å²) in [7, 11) is 0. The van der Waals surface area contributed by atoms with Crippen LogP contribution in [-0.4, -0.2) is 16.3 Å². The highest BCUT2D eigenvalue weighted by molar-refractivity contribution is 9.09. The maximum absolute atomic E-state index is 3.49. The van der Waals surface area contributed by atoms with Gasteiger partial charge >= 0.3 is 0 Å². The summed E-state index contributed by atoms with van der Waals surface area (Å²) in [5, 5.41) is 1.97. The SMILES string of the molecule is CC(CCBr)CCSC(C)C(C)C. The molecule has 0 saturated carbocycles. The summed E-state index contributed by atoms with van der Waals surface area (Å²) in [5.41, 5.74) is 0. The Morgan fingerprint density at radius 2 is 1.69 bits per heavy atom. The van der Waals surface area contributed by atoms with E-state index in [-0.39, 0.29) is 0 Å². The Morgan fingerprint density at radius 1 is 1.08 bits per heavy atom. The highest BCUT2D eigenvalue weighted by Gasteiger charge is 2.08. The van der Waals surface area contributed by atoms with Crippen LogP contribution in [0, 0.1) is 11.8 Å². The van der Waals surface area contributed by atoms with Gasteiger partial charge in [-0.15, -0.1) is 0 Å². The van der Waals surface area contributed by atoms with E-state index in [9.17, 15) is 0 Å². The zero-order chi connectivity index (χ0) is 10.3. The van der Waals surface area contributed by atoms with Gasteiger partial charge in [0.05, 0.1) is 0 Å². The van der Waals surface area contributed by atoms with Crippen molar-refractivity contribution in [2.45, 2.75) is 45.8 Å². The van der Waals surface area contributed by atoms with E-state index in [2.05, 4.69) is 55.4 Å². The molecule has 0 spiro atoms. The van der Waals surface area contributed by atoms with Crippen LogP contribution in [0.4, 0.5) is 0 Å². The van der Waals surface area contributed by atoms with Gasteiger partial charge in [-0.3, -0.25) is 0 Å². The van der Waals surface area contributed by atoms with Crippen LogP contribution in [0.5, 0.6) is 0 Å². The van der Waals surface area contributed by atoms with Gasteiger partial charge in [-0.25, -0.2) is 0 Å². The van der Waals surface area contributed by atoms with Crippen LogP contribution in [0.3, 0.4) is 0 Å².